The number of carbonyl (C=O) groups excluding carboxylic acids is 1. The van der Waals surface area contributed by atoms with E-state index >= 15 is 0 Å². The zero-order valence-electron chi connectivity index (χ0n) is 8.24. The molecule has 0 saturated heterocycles. The molecule has 1 aromatic rings. The van der Waals surface area contributed by atoms with Crippen molar-refractivity contribution in [2.24, 2.45) is 5.10 Å². The van der Waals surface area contributed by atoms with E-state index in [0.29, 0.717) is 5.71 Å². The number of ether oxygens (including phenoxy) is 1. The Morgan fingerprint density at radius 2 is 2.13 bits per heavy atom. The summed E-state index contributed by atoms with van der Waals surface area (Å²) in [4.78, 5) is 10.8. The summed E-state index contributed by atoms with van der Waals surface area (Å²) >= 11 is 5.71. The van der Waals surface area contributed by atoms with Gasteiger partial charge in [0.15, 0.2) is 0 Å². The van der Waals surface area contributed by atoms with Gasteiger partial charge in [-0.1, -0.05) is 30.3 Å². The first-order valence-corrected chi connectivity index (χ1v) is 4.83. The predicted octanol–water partition coefficient (Wildman–Crippen LogP) is 1.99. The van der Waals surface area contributed by atoms with E-state index in [1.165, 1.54) is 7.11 Å². The maximum atomic E-state index is 10.8. The van der Waals surface area contributed by atoms with Crippen molar-refractivity contribution in [2.45, 2.75) is 0 Å². The average Bonchev–Trinajstić information content (AvgIpc) is 2.31. The number of hydrogen-bond acceptors (Lipinski definition) is 3. The second-order valence-corrected chi connectivity index (χ2v) is 2.93. The molecule has 80 valence electrons. The van der Waals surface area contributed by atoms with Crippen molar-refractivity contribution in [3.8, 4) is 0 Å². The maximum Gasteiger partial charge on any atom is 0.427 e. The van der Waals surface area contributed by atoms with Gasteiger partial charge >= 0.3 is 6.09 Å². The van der Waals surface area contributed by atoms with Gasteiger partial charge in [-0.05, 0) is 5.56 Å². The van der Waals surface area contributed by atoms with E-state index < -0.39 is 6.09 Å². The largest absolute Gasteiger partial charge is 0.452 e. The number of rotatable bonds is 3. The molecule has 0 aliphatic rings. The molecule has 0 bridgehead atoms. The van der Waals surface area contributed by atoms with Crippen LogP contribution in [0, 0.1) is 0 Å². The van der Waals surface area contributed by atoms with Crippen LogP contribution in [-0.2, 0) is 4.74 Å². The van der Waals surface area contributed by atoms with Crippen LogP contribution in [0.15, 0.2) is 35.4 Å². The number of alkyl halides is 1. The van der Waals surface area contributed by atoms with Crippen molar-refractivity contribution < 1.29 is 9.53 Å². The Balaban J connectivity index is 2.76. The van der Waals surface area contributed by atoms with E-state index in [-0.39, 0.29) is 5.88 Å². The molecule has 0 atom stereocenters. The lowest BCUT2D eigenvalue weighted by atomic mass is 10.1. The fourth-order valence-corrected chi connectivity index (χ4v) is 1.17. The predicted molar refractivity (Wildman–Crippen MR) is 59.2 cm³/mol. The summed E-state index contributed by atoms with van der Waals surface area (Å²) in [5, 5.41) is 3.84. The quantitative estimate of drug-likeness (QED) is 0.487. The molecule has 0 aliphatic heterocycles. The second-order valence-electron chi connectivity index (χ2n) is 2.66. The lowest BCUT2D eigenvalue weighted by Gasteiger charge is -2.02. The summed E-state index contributed by atoms with van der Waals surface area (Å²) in [7, 11) is 1.27. The van der Waals surface area contributed by atoms with Crippen molar-refractivity contribution in [1.29, 1.82) is 0 Å². The Bertz CT molecular complexity index is 352. The van der Waals surface area contributed by atoms with Crippen molar-refractivity contribution in [3.63, 3.8) is 0 Å². The van der Waals surface area contributed by atoms with E-state index in [1.807, 2.05) is 30.3 Å². The smallest absolute Gasteiger partial charge is 0.427 e. The van der Waals surface area contributed by atoms with Crippen LogP contribution in [0.2, 0.25) is 0 Å². The molecule has 1 amide bonds. The molecule has 0 radical (unpaired) electrons. The molecular weight excluding hydrogens is 216 g/mol. The Labute approximate surface area is 92.9 Å². The molecule has 0 fully saturated rings. The summed E-state index contributed by atoms with van der Waals surface area (Å²) in [6, 6.07) is 9.36. The minimum absolute atomic E-state index is 0.216. The molecule has 0 saturated carbocycles. The molecule has 0 unspecified atom stereocenters. The highest BCUT2D eigenvalue weighted by Crippen LogP contribution is 2.02. The molecule has 1 N–H and O–H groups in total. The minimum Gasteiger partial charge on any atom is -0.452 e. The normalized spacial score (nSPS) is 10.9. The Hall–Kier alpha value is -1.55. The number of methoxy groups -OCH3 is 1. The van der Waals surface area contributed by atoms with Gasteiger partial charge in [0.25, 0.3) is 0 Å². The lowest BCUT2D eigenvalue weighted by molar-refractivity contribution is 0.171. The topological polar surface area (TPSA) is 50.7 Å². The van der Waals surface area contributed by atoms with Crippen molar-refractivity contribution >= 4 is 23.4 Å². The van der Waals surface area contributed by atoms with Gasteiger partial charge < -0.3 is 4.74 Å². The third-order valence-electron chi connectivity index (χ3n) is 1.70. The third kappa shape index (κ3) is 3.59. The molecule has 0 spiro atoms. The summed E-state index contributed by atoms with van der Waals surface area (Å²) in [5.41, 5.74) is 3.67. The first-order valence-electron chi connectivity index (χ1n) is 4.30. The zero-order valence-corrected chi connectivity index (χ0v) is 8.99. The van der Waals surface area contributed by atoms with Crippen LogP contribution in [0.5, 0.6) is 0 Å². The highest BCUT2D eigenvalue weighted by Gasteiger charge is 2.02. The highest BCUT2D eigenvalue weighted by atomic mass is 35.5. The van der Waals surface area contributed by atoms with E-state index in [1.54, 1.807) is 0 Å². The number of nitrogens with zero attached hydrogens (tertiary/aromatic N) is 1. The van der Waals surface area contributed by atoms with Crippen LogP contribution in [0.3, 0.4) is 0 Å². The molecule has 1 rings (SSSR count). The maximum absolute atomic E-state index is 10.8. The summed E-state index contributed by atoms with van der Waals surface area (Å²) in [6.45, 7) is 0. The molecule has 15 heavy (non-hydrogen) atoms. The first-order chi connectivity index (χ1) is 7.27. The van der Waals surface area contributed by atoms with E-state index in [4.69, 9.17) is 11.6 Å². The van der Waals surface area contributed by atoms with Crippen molar-refractivity contribution in [2.75, 3.05) is 13.0 Å². The second kappa shape index (κ2) is 6.03. The molecule has 1 aromatic carbocycles. The number of halogens is 1. The summed E-state index contributed by atoms with van der Waals surface area (Å²) in [6.07, 6.45) is -0.617. The van der Waals surface area contributed by atoms with Crippen LogP contribution in [0.25, 0.3) is 0 Å². The Morgan fingerprint density at radius 3 is 2.67 bits per heavy atom. The Kier molecular flexibility index (Phi) is 4.63. The van der Waals surface area contributed by atoms with Gasteiger partial charge in [0, 0.05) is 0 Å². The molecule has 0 aliphatic carbocycles. The number of carbonyl (C=O) groups is 1. The molecular formula is C10H11ClN2O2. The van der Waals surface area contributed by atoms with E-state index in [0.717, 1.165) is 5.56 Å². The van der Waals surface area contributed by atoms with Crippen LogP contribution < -0.4 is 5.43 Å². The number of amides is 1. The van der Waals surface area contributed by atoms with Crippen LogP contribution in [-0.4, -0.2) is 24.8 Å². The van der Waals surface area contributed by atoms with Crippen molar-refractivity contribution in [1.82, 2.24) is 5.43 Å². The zero-order chi connectivity index (χ0) is 11.1. The lowest BCUT2D eigenvalue weighted by Crippen LogP contribution is -2.20. The Morgan fingerprint density at radius 1 is 1.47 bits per heavy atom. The molecule has 4 nitrogen and oxygen atoms in total. The van der Waals surface area contributed by atoms with Crippen LogP contribution in [0.1, 0.15) is 5.56 Å². The van der Waals surface area contributed by atoms with Gasteiger partial charge in [0.2, 0.25) is 0 Å². The minimum atomic E-state index is -0.617. The summed E-state index contributed by atoms with van der Waals surface area (Å²) < 4.78 is 4.38. The van der Waals surface area contributed by atoms with Crippen LogP contribution in [0.4, 0.5) is 4.79 Å². The van der Waals surface area contributed by atoms with E-state index in [2.05, 4.69) is 15.3 Å². The fraction of sp³-hybridized carbons (Fsp3) is 0.200. The molecule has 0 heterocycles. The summed E-state index contributed by atoms with van der Waals surface area (Å²) in [5.74, 6) is 0.216. The van der Waals surface area contributed by atoms with Gasteiger partial charge in [-0.15, -0.1) is 11.6 Å². The number of hydrazone groups is 1. The number of hydrogen-bond donors (Lipinski definition) is 1. The van der Waals surface area contributed by atoms with Gasteiger partial charge in [0.1, 0.15) is 0 Å². The van der Waals surface area contributed by atoms with Gasteiger partial charge in [0.05, 0.1) is 18.7 Å². The van der Waals surface area contributed by atoms with E-state index in [9.17, 15) is 4.79 Å². The third-order valence-corrected chi connectivity index (χ3v) is 1.95. The number of benzene rings is 1. The van der Waals surface area contributed by atoms with Gasteiger partial charge in [-0.3, -0.25) is 0 Å². The fourth-order valence-electron chi connectivity index (χ4n) is 0.961. The average molecular weight is 227 g/mol. The highest BCUT2D eigenvalue weighted by molar-refractivity contribution is 6.31. The standard InChI is InChI=1S/C10H11ClN2O2/c1-15-10(14)13-12-9(7-11)8-5-3-2-4-6-8/h2-6H,7H2,1H3,(H,13,14)/b12-9+. The first kappa shape index (κ1) is 11.5. The van der Waals surface area contributed by atoms with Gasteiger partial charge in [-0.25, -0.2) is 10.2 Å². The number of nitrogens with one attached hydrogen (secondary N) is 1. The molecule has 0 aromatic heterocycles. The van der Waals surface area contributed by atoms with Gasteiger partial charge in [-0.2, -0.15) is 5.10 Å². The van der Waals surface area contributed by atoms with Crippen LogP contribution >= 0.6 is 11.6 Å². The van der Waals surface area contributed by atoms with Crippen molar-refractivity contribution in [3.05, 3.63) is 35.9 Å². The molecule has 5 heteroatoms. The SMILES string of the molecule is COC(=O)N/N=C(\CCl)c1ccccc1. The monoisotopic (exact) mass is 226 g/mol.